The molecule has 1 aliphatic heterocycles. The van der Waals surface area contributed by atoms with Crippen LogP contribution in [-0.2, 0) is 11.3 Å². The molecule has 1 heterocycles. The molecule has 1 N–H and O–H groups in total. The molecule has 2 saturated carbocycles. The lowest BCUT2D eigenvalue weighted by molar-refractivity contribution is -0.144. The number of nitrogens with zero attached hydrogens (tertiary/aromatic N) is 1. The van der Waals surface area contributed by atoms with Gasteiger partial charge in [0, 0.05) is 42.6 Å². The fraction of sp³-hybridized carbons (Fsp3) is 0.548. The van der Waals surface area contributed by atoms with Gasteiger partial charge in [-0.05, 0) is 68.2 Å². The van der Waals surface area contributed by atoms with E-state index in [4.69, 9.17) is 16.3 Å². The molecule has 0 bridgehead atoms. The minimum atomic E-state index is -1.58. The lowest BCUT2D eigenvalue weighted by atomic mass is 9.84. The van der Waals surface area contributed by atoms with Crippen LogP contribution in [0.15, 0.2) is 30.3 Å². The van der Waals surface area contributed by atoms with E-state index in [0.717, 1.165) is 30.0 Å². The Morgan fingerprint density at radius 3 is 2.52 bits per heavy atom. The summed E-state index contributed by atoms with van der Waals surface area (Å²) >= 11 is 6.33. The maximum atomic E-state index is 15.7. The fourth-order valence-electron chi connectivity index (χ4n) is 6.19. The minimum Gasteiger partial charge on any atom is -0.490 e. The fourth-order valence-corrected chi connectivity index (χ4v) is 6.37. The number of carbonyl (C=O) groups is 2. The van der Waals surface area contributed by atoms with Crippen LogP contribution in [0.2, 0.25) is 5.02 Å². The Balaban J connectivity index is 1.26. The van der Waals surface area contributed by atoms with Crippen LogP contribution >= 0.6 is 11.6 Å². The number of rotatable bonds is 9. The number of ketones is 1. The quantitative estimate of drug-likeness (QED) is 0.328. The van der Waals surface area contributed by atoms with Gasteiger partial charge in [-0.15, -0.1) is 0 Å². The number of halogens is 4. The van der Waals surface area contributed by atoms with Crippen molar-refractivity contribution in [3.05, 3.63) is 63.4 Å². The molecule has 0 aromatic heterocycles. The van der Waals surface area contributed by atoms with Crippen molar-refractivity contribution < 1.29 is 32.6 Å². The van der Waals surface area contributed by atoms with Crippen molar-refractivity contribution in [2.75, 3.05) is 19.7 Å². The molecule has 9 heteroatoms. The summed E-state index contributed by atoms with van der Waals surface area (Å²) < 4.78 is 51.2. The van der Waals surface area contributed by atoms with Crippen LogP contribution in [0.3, 0.4) is 0 Å². The summed E-state index contributed by atoms with van der Waals surface area (Å²) in [4.78, 5) is 27.2. The van der Waals surface area contributed by atoms with Gasteiger partial charge in [-0.25, -0.2) is 13.2 Å². The molecule has 3 fully saturated rings. The van der Waals surface area contributed by atoms with Crippen molar-refractivity contribution in [2.24, 2.45) is 17.8 Å². The number of aryl methyl sites for hydroxylation is 1. The molecular weight excluding hydrogens is 543 g/mol. The average Bonchev–Trinajstić information content (AvgIpc) is 3.70. The van der Waals surface area contributed by atoms with E-state index in [1.54, 1.807) is 0 Å². The largest absolute Gasteiger partial charge is 0.490 e. The van der Waals surface area contributed by atoms with Gasteiger partial charge in [0.25, 0.3) is 0 Å². The van der Waals surface area contributed by atoms with Crippen molar-refractivity contribution in [1.82, 2.24) is 4.90 Å². The van der Waals surface area contributed by atoms with Gasteiger partial charge in [0.15, 0.2) is 5.78 Å². The molecule has 1 saturated heterocycles. The Morgan fingerprint density at radius 2 is 1.88 bits per heavy atom. The zero-order valence-electron chi connectivity index (χ0n) is 22.8. The lowest BCUT2D eigenvalue weighted by Crippen LogP contribution is -2.44. The number of benzene rings is 2. The van der Waals surface area contributed by atoms with Gasteiger partial charge in [-0.3, -0.25) is 14.5 Å². The predicted octanol–water partition coefficient (Wildman–Crippen LogP) is 6.93. The van der Waals surface area contributed by atoms with E-state index in [9.17, 15) is 19.1 Å². The highest BCUT2D eigenvalue weighted by Gasteiger charge is 2.49. The third kappa shape index (κ3) is 6.03. The molecule has 2 aromatic carbocycles. The Hall–Kier alpha value is -2.58. The Labute approximate surface area is 237 Å². The van der Waals surface area contributed by atoms with Crippen LogP contribution in [0, 0.1) is 30.5 Å². The first-order chi connectivity index (χ1) is 19.0. The van der Waals surface area contributed by atoms with E-state index in [0.29, 0.717) is 30.2 Å². The van der Waals surface area contributed by atoms with Gasteiger partial charge < -0.3 is 9.84 Å². The monoisotopic (exact) mass is 577 g/mol. The van der Waals surface area contributed by atoms with E-state index in [-0.39, 0.29) is 43.1 Å². The maximum Gasteiger partial charge on any atom is 0.307 e. The number of alkyl halides is 2. The zero-order valence-corrected chi connectivity index (χ0v) is 23.5. The second-order valence-corrected chi connectivity index (χ2v) is 12.3. The van der Waals surface area contributed by atoms with E-state index in [2.05, 4.69) is 4.90 Å². The molecule has 0 spiro atoms. The number of carboxylic acid groups (broad SMARTS) is 1. The molecule has 1 unspecified atom stereocenters. The van der Waals surface area contributed by atoms with E-state index >= 15 is 8.78 Å². The first kappa shape index (κ1) is 28.9. The number of likely N-dealkylation sites (tertiary alicyclic amines) is 1. The smallest absolute Gasteiger partial charge is 0.307 e. The third-order valence-corrected chi connectivity index (χ3v) is 9.26. The summed E-state index contributed by atoms with van der Waals surface area (Å²) in [5, 5.41) is 10.3. The number of ether oxygens (including phenoxy) is 1. The molecule has 2 aliphatic carbocycles. The molecule has 216 valence electrons. The molecule has 0 radical (unpaired) electrons. The van der Waals surface area contributed by atoms with E-state index in [1.165, 1.54) is 13.0 Å². The molecule has 5 rings (SSSR count). The SMILES string of the molecule is Cc1ccc(Cl)c(CN2CCC(F)(COc3cc(F)c(C(=O)C4C[C@H](F)[C@H](C)[C@H]4C(=O)O)cc3C3CC3)CC2)c1. The highest BCUT2D eigenvalue weighted by atomic mass is 35.5. The van der Waals surface area contributed by atoms with Gasteiger partial charge in [-0.1, -0.05) is 36.2 Å². The minimum absolute atomic E-state index is 0.0605. The third-order valence-electron chi connectivity index (χ3n) is 8.89. The first-order valence-electron chi connectivity index (χ1n) is 14.0. The summed E-state index contributed by atoms with van der Waals surface area (Å²) in [6, 6.07) is 8.39. The van der Waals surface area contributed by atoms with Crippen molar-refractivity contribution >= 4 is 23.4 Å². The Bertz CT molecular complexity index is 1290. The van der Waals surface area contributed by atoms with Crippen molar-refractivity contribution in [3.8, 4) is 5.75 Å². The van der Waals surface area contributed by atoms with Crippen LogP contribution < -0.4 is 4.74 Å². The molecule has 0 amide bonds. The van der Waals surface area contributed by atoms with Gasteiger partial charge >= 0.3 is 5.97 Å². The van der Waals surface area contributed by atoms with Crippen LogP contribution in [0.4, 0.5) is 13.2 Å². The van der Waals surface area contributed by atoms with Crippen molar-refractivity contribution in [3.63, 3.8) is 0 Å². The van der Waals surface area contributed by atoms with Crippen molar-refractivity contribution in [2.45, 2.75) is 70.3 Å². The molecule has 3 aliphatic rings. The highest BCUT2D eigenvalue weighted by molar-refractivity contribution is 6.31. The number of piperidine rings is 1. The standard InChI is InChI=1S/C31H35ClF3NO4/c1-17-3-6-24(32)20(11-17)15-36-9-7-31(35,8-10-36)16-40-27-14-26(34)22(12-21(27)19-4-5-19)29(37)23-13-25(33)18(2)28(23)30(38)39/h3,6,11-12,14,18-19,23,25,28H,4-5,7-10,13,15-16H2,1-2H3,(H,38,39)/t18-,23?,25-,28+/m0/s1. The van der Waals surface area contributed by atoms with Crippen LogP contribution in [0.25, 0.3) is 0 Å². The number of hydrogen-bond donors (Lipinski definition) is 1. The average molecular weight is 578 g/mol. The number of carbonyl (C=O) groups excluding carboxylic acids is 1. The molecule has 5 nitrogen and oxygen atoms in total. The summed E-state index contributed by atoms with van der Waals surface area (Å²) in [6.45, 7) is 4.93. The van der Waals surface area contributed by atoms with Crippen LogP contribution in [0.1, 0.15) is 72.0 Å². The Kier molecular flexibility index (Phi) is 8.22. The lowest BCUT2D eigenvalue weighted by Gasteiger charge is -2.36. The normalized spacial score (nSPS) is 26.6. The second-order valence-electron chi connectivity index (χ2n) is 11.9. The summed E-state index contributed by atoms with van der Waals surface area (Å²) in [7, 11) is 0. The van der Waals surface area contributed by atoms with Crippen LogP contribution in [-0.4, -0.2) is 53.3 Å². The zero-order chi connectivity index (χ0) is 28.8. The predicted molar refractivity (Wildman–Crippen MR) is 146 cm³/mol. The summed E-state index contributed by atoms with van der Waals surface area (Å²) in [6.07, 6.45) is 0.495. The first-order valence-corrected chi connectivity index (χ1v) is 14.4. The summed E-state index contributed by atoms with van der Waals surface area (Å²) in [5.74, 6) is -5.72. The van der Waals surface area contributed by atoms with Gasteiger partial charge in [0.05, 0.1) is 11.5 Å². The van der Waals surface area contributed by atoms with Gasteiger partial charge in [0.2, 0.25) is 0 Å². The molecular formula is C31H35ClF3NO4. The maximum absolute atomic E-state index is 15.7. The molecule has 4 atom stereocenters. The molecule has 2 aromatic rings. The number of hydrogen-bond acceptors (Lipinski definition) is 4. The van der Waals surface area contributed by atoms with Crippen molar-refractivity contribution in [1.29, 1.82) is 0 Å². The van der Waals surface area contributed by atoms with E-state index < -0.39 is 47.2 Å². The van der Waals surface area contributed by atoms with Crippen LogP contribution in [0.5, 0.6) is 5.75 Å². The number of carboxylic acids is 1. The second kappa shape index (κ2) is 11.4. The Morgan fingerprint density at radius 1 is 1.18 bits per heavy atom. The topological polar surface area (TPSA) is 66.8 Å². The molecule has 40 heavy (non-hydrogen) atoms. The van der Waals surface area contributed by atoms with E-state index in [1.807, 2.05) is 25.1 Å². The van der Waals surface area contributed by atoms with Gasteiger partial charge in [0.1, 0.15) is 30.0 Å². The number of Topliss-reactive ketones (excluding diaryl/α,β-unsaturated/α-hetero) is 1. The highest BCUT2D eigenvalue weighted by Crippen LogP contribution is 2.47. The van der Waals surface area contributed by atoms with Gasteiger partial charge in [-0.2, -0.15) is 0 Å². The number of aliphatic carboxylic acids is 1. The summed E-state index contributed by atoms with van der Waals surface area (Å²) in [5.41, 5.74) is 0.914.